The van der Waals surface area contributed by atoms with Gasteiger partial charge in [-0.3, -0.25) is 4.58 Å². The highest BCUT2D eigenvalue weighted by molar-refractivity contribution is 6.00. The Morgan fingerprint density at radius 1 is 1.29 bits per heavy atom. The fourth-order valence-corrected chi connectivity index (χ4v) is 2.61. The molecule has 1 aliphatic rings. The van der Waals surface area contributed by atoms with Crippen LogP contribution in [0, 0.1) is 5.92 Å². The second-order valence-corrected chi connectivity index (χ2v) is 5.81. The van der Waals surface area contributed by atoms with Crippen LogP contribution in [0.25, 0.3) is 0 Å². The van der Waals surface area contributed by atoms with Gasteiger partial charge >= 0.3 is 18.1 Å². The Hall–Kier alpha value is -1.79. The number of nitrogens with one attached hydrogen (secondary N) is 2. The molecule has 0 radical (unpaired) electrons. The van der Waals surface area contributed by atoms with E-state index in [0.29, 0.717) is 11.9 Å². The molecule has 1 fully saturated rings. The van der Waals surface area contributed by atoms with Crippen molar-refractivity contribution in [1.82, 2.24) is 15.5 Å². The van der Waals surface area contributed by atoms with Gasteiger partial charge in [0.15, 0.2) is 0 Å². The first kappa shape index (κ1) is 17.3. The normalized spacial score (nSPS) is 21.2. The number of hydrogen-bond acceptors (Lipinski definition) is 3. The van der Waals surface area contributed by atoms with E-state index < -0.39 is 6.09 Å². The maximum Gasteiger partial charge on any atom is 0.478 e. The minimum Gasteiger partial charge on any atom is -0.441 e. The third-order valence-electron chi connectivity index (χ3n) is 3.69. The molecule has 0 aromatic heterocycles. The van der Waals surface area contributed by atoms with Crippen LogP contribution in [0.1, 0.15) is 32.6 Å². The first-order chi connectivity index (χ1) is 9.85. The smallest absolute Gasteiger partial charge is 0.441 e. The Bertz CT molecular complexity index is 418. The fraction of sp³-hybridized carbons (Fsp3) is 0.786. The average molecular weight is 299 g/mol. The van der Waals surface area contributed by atoms with E-state index in [9.17, 15) is 9.59 Å². The van der Waals surface area contributed by atoms with Crippen LogP contribution < -0.4 is 10.6 Å². The lowest BCUT2D eigenvalue weighted by molar-refractivity contribution is -0.471. The summed E-state index contributed by atoms with van der Waals surface area (Å²) in [4.78, 5) is 24.9. The van der Waals surface area contributed by atoms with E-state index in [1.165, 1.54) is 18.4 Å². The van der Waals surface area contributed by atoms with Crippen LogP contribution in [0.3, 0.4) is 0 Å². The van der Waals surface area contributed by atoms with Gasteiger partial charge in [-0.15, -0.1) is 0 Å². The molecule has 7 heteroatoms. The summed E-state index contributed by atoms with van der Waals surface area (Å²) in [5.41, 5.74) is 0. The monoisotopic (exact) mass is 299 g/mol. The number of carbonyl (C=O) groups excluding carboxylic acids is 2. The van der Waals surface area contributed by atoms with Crippen LogP contribution in [0.2, 0.25) is 0 Å². The maximum absolute atomic E-state index is 12.1. The van der Waals surface area contributed by atoms with Crippen molar-refractivity contribution in [1.29, 1.82) is 0 Å². The lowest BCUT2D eigenvalue weighted by Gasteiger charge is -2.27. The molecule has 0 saturated heterocycles. The number of methoxy groups -OCH3 is 1. The van der Waals surface area contributed by atoms with Crippen molar-refractivity contribution in [2.45, 2.75) is 38.6 Å². The quantitative estimate of drug-likeness (QED) is 0.434. The summed E-state index contributed by atoms with van der Waals surface area (Å²) in [5, 5.41) is 5.68. The first-order valence-corrected chi connectivity index (χ1v) is 7.28. The largest absolute Gasteiger partial charge is 0.478 e. The Labute approximate surface area is 126 Å². The van der Waals surface area contributed by atoms with Gasteiger partial charge in [-0.25, -0.2) is 9.59 Å². The number of guanidine groups is 1. The minimum absolute atomic E-state index is 0.195. The highest BCUT2D eigenvalue weighted by Gasteiger charge is 2.28. The van der Waals surface area contributed by atoms with Gasteiger partial charge < -0.3 is 10.1 Å². The van der Waals surface area contributed by atoms with E-state index in [1.807, 2.05) is 0 Å². The number of rotatable bonds is 1. The molecule has 0 aromatic rings. The molecule has 0 aliphatic heterocycles. The minimum atomic E-state index is -0.537. The number of amides is 3. The van der Waals surface area contributed by atoms with Crippen LogP contribution in [0.4, 0.5) is 9.59 Å². The summed E-state index contributed by atoms with van der Waals surface area (Å²) in [6.07, 6.45) is 3.82. The molecule has 0 bridgehead atoms. The van der Waals surface area contributed by atoms with E-state index in [2.05, 4.69) is 22.3 Å². The summed E-state index contributed by atoms with van der Waals surface area (Å²) in [6, 6.07) is -0.103. The number of ether oxygens (including phenoxy) is 1. The van der Waals surface area contributed by atoms with Crippen molar-refractivity contribution in [2.75, 3.05) is 28.3 Å². The predicted octanol–water partition coefficient (Wildman–Crippen LogP) is 1.19. The molecular formula is C14H27N4O3+. The van der Waals surface area contributed by atoms with Crippen molar-refractivity contribution < 1.29 is 18.9 Å². The van der Waals surface area contributed by atoms with Crippen LogP contribution in [0.5, 0.6) is 0 Å². The van der Waals surface area contributed by atoms with Crippen molar-refractivity contribution in [3.8, 4) is 0 Å². The van der Waals surface area contributed by atoms with Gasteiger partial charge in [0.1, 0.15) is 0 Å². The Morgan fingerprint density at radius 3 is 2.48 bits per heavy atom. The standard InChI is InChI=1S/C14H26N4O3/c1-10-7-6-8-11(9-10)15-12(19)16-13(17(2)3)18(4)14(20)21-5/h10-11H,6-9H2,1-5H3,(H,15,19)/p+1. The number of carbonyl (C=O) groups is 2. The lowest BCUT2D eigenvalue weighted by Crippen LogP contribution is -2.53. The van der Waals surface area contributed by atoms with Gasteiger partial charge in [-0.1, -0.05) is 19.8 Å². The van der Waals surface area contributed by atoms with Crippen LogP contribution in [0.15, 0.2) is 0 Å². The molecule has 1 saturated carbocycles. The van der Waals surface area contributed by atoms with Crippen LogP contribution in [-0.2, 0) is 4.74 Å². The Morgan fingerprint density at radius 2 is 1.95 bits per heavy atom. The van der Waals surface area contributed by atoms with Crippen molar-refractivity contribution >= 4 is 18.1 Å². The summed E-state index contributed by atoms with van der Waals surface area (Å²) in [5.74, 6) is 1.00. The molecule has 7 nitrogen and oxygen atoms in total. The molecule has 0 aromatic carbocycles. The van der Waals surface area contributed by atoms with E-state index in [-0.39, 0.29) is 12.1 Å². The van der Waals surface area contributed by atoms with E-state index >= 15 is 0 Å². The second kappa shape index (κ2) is 7.85. The molecule has 0 spiro atoms. The summed E-state index contributed by atoms with van der Waals surface area (Å²) in [7, 11) is 6.34. The highest BCUT2D eigenvalue weighted by Crippen LogP contribution is 2.23. The molecule has 2 unspecified atom stereocenters. The SMILES string of the molecule is COC(=O)N(C)C(NC(=O)NC1CCCC(C)C1)=[N+](C)C. The summed E-state index contributed by atoms with van der Waals surface area (Å²) < 4.78 is 6.31. The van der Waals surface area contributed by atoms with Gasteiger partial charge in [-0.05, 0) is 18.8 Å². The third kappa shape index (κ3) is 5.24. The summed E-state index contributed by atoms with van der Waals surface area (Å²) in [6.45, 7) is 2.20. The van der Waals surface area contributed by atoms with Crippen LogP contribution >= 0.6 is 0 Å². The first-order valence-electron chi connectivity index (χ1n) is 7.28. The predicted molar refractivity (Wildman–Crippen MR) is 80.4 cm³/mol. The van der Waals surface area contributed by atoms with Crippen molar-refractivity contribution in [3.05, 3.63) is 0 Å². The molecule has 3 amide bonds. The van der Waals surface area contributed by atoms with Gasteiger partial charge in [0.25, 0.3) is 0 Å². The van der Waals surface area contributed by atoms with E-state index in [4.69, 9.17) is 0 Å². The molecule has 2 N–H and O–H groups in total. The molecule has 120 valence electrons. The van der Waals surface area contributed by atoms with Crippen LogP contribution in [-0.4, -0.2) is 61.9 Å². The van der Waals surface area contributed by atoms with Crippen molar-refractivity contribution in [3.63, 3.8) is 0 Å². The Balaban J connectivity index is 2.61. The number of nitrogens with zero attached hydrogens (tertiary/aromatic N) is 2. The van der Waals surface area contributed by atoms with Gasteiger partial charge in [-0.2, -0.15) is 10.2 Å². The second-order valence-electron chi connectivity index (χ2n) is 5.81. The third-order valence-corrected chi connectivity index (χ3v) is 3.69. The van der Waals surface area contributed by atoms with Gasteiger partial charge in [0.05, 0.1) is 28.3 Å². The lowest BCUT2D eigenvalue weighted by atomic mass is 9.87. The number of urea groups is 1. The average Bonchev–Trinajstić information content (AvgIpc) is 2.42. The zero-order valence-corrected chi connectivity index (χ0v) is 13.6. The van der Waals surface area contributed by atoms with E-state index in [1.54, 1.807) is 25.7 Å². The summed E-state index contributed by atoms with van der Waals surface area (Å²) >= 11 is 0. The molecule has 1 rings (SSSR count). The molecule has 0 heterocycles. The maximum atomic E-state index is 12.1. The molecule has 21 heavy (non-hydrogen) atoms. The fourth-order valence-electron chi connectivity index (χ4n) is 2.61. The van der Waals surface area contributed by atoms with Gasteiger partial charge in [0, 0.05) is 6.04 Å². The topological polar surface area (TPSA) is 73.7 Å². The molecule has 2 atom stereocenters. The van der Waals surface area contributed by atoms with Gasteiger partial charge in [0.2, 0.25) is 0 Å². The zero-order valence-electron chi connectivity index (χ0n) is 13.6. The number of hydrogen-bond donors (Lipinski definition) is 2. The molecular weight excluding hydrogens is 272 g/mol. The zero-order chi connectivity index (χ0) is 16.0. The Kier molecular flexibility index (Phi) is 6.45. The highest BCUT2D eigenvalue weighted by atomic mass is 16.5. The van der Waals surface area contributed by atoms with E-state index in [0.717, 1.165) is 19.3 Å². The molecule has 1 aliphatic carbocycles. The van der Waals surface area contributed by atoms with Crippen molar-refractivity contribution in [2.24, 2.45) is 5.92 Å².